The third kappa shape index (κ3) is 4.28. The Labute approximate surface area is 123 Å². The molecule has 0 unspecified atom stereocenters. The molecule has 1 aromatic heterocycles. The van der Waals surface area contributed by atoms with Gasteiger partial charge in [0.15, 0.2) is 0 Å². The van der Waals surface area contributed by atoms with Crippen molar-refractivity contribution >= 4 is 29.2 Å². The van der Waals surface area contributed by atoms with Gasteiger partial charge in [-0.25, -0.2) is 0 Å². The molecule has 106 valence electrons. The molecule has 0 saturated carbocycles. The molecule has 4 N–H and O–H groups in total. The van der Waals surface area contributed by atoms with Gasteiger partial charge in [0.05, 0.1) is 0 Å². The van der Waals surface area contributed by atoms with Crippen molar-refractivity contribution in [3.05, 3.63) is 40.9 Å². The van der Waals surface area contributed by atoms with E-state index in [-0.39, 0.29) is 5.95 Å². The van der Waals surface area contributed by atoms with E-state index < -0.39 is 0 Å². The van der Waals surface area contributed by atoms with E-state index in [0.29, 0.717) is 0 Å². The van der Waals surface area contributed by atoms with Crippen molar-refractivity contribution in [2.24, 2.45) is 0 Å². The molecule has 1 aromatic carbocycles. The molecule has 2 aromatic rings. The molecular weight excluding hydrogens is 274 g/mol. The number of nitrogens with one attached hydrogen (secondary N) is 2. The van der Waals surface area contributed by atoms with Gasteiger partial charge in [-0.05, 0) is 31.0 Å². The Morgan fingerprint density at radius 1 is 1.10 bits per heavy atom. The molecule has 6 heteroatoms. The maximum atomic E-state index is 5.85. The van der Waals surface area contributed by atoms with Crippen LogP contribution in [0.3, 0.4) is 0 Å². The van der Waals surface area contributed by atoms with Crippen molar-refractivity contribution in [1.82, 2.24) is 9.97 Å². The van der Waals surface area contributed by atoms with E-state index in [0.717, 1.165) is 36.2 Å². The van der Waals surface area contributed by atoms with Crippen LogP contribution < -0.4 is 16.4 Å². The highest BCUT2D eigenvalue weighted by atomic mass is 35.5. The lowest BCUT2D eigenvalue weighted by molar-refractivity contribution is 1.00. The third-order valence-corrected chi connectivity index (χ3v) is 2.99. The summed E-state index contributed by atoms with van der Waals surface area (Å²) >= 11 is 5.85. The summed E-state index contributed by atoms with van der Waals surface area (Å²) in [6.07, 6.45) is 0.887. The number of hydrogen-bond donors (Lipinski definition) is 3. The van der Waals surface area contributed by atoms with Crippen LogP contribution in [0.2, 0.25) is 5.02 Å². The van der Waals surface area contributed by atoms with Crippen LogP contribution >= 0.6 is 11.6 Å². The van der Waals surface area contributed by atoms with E-state index >= 15 is 0 Å². The first-order chi connectivity index (χ1) is 9.67. The lowest BCUT2D eigenvalue weighted by Crippen LogP contribution is -2.10. The molecule has 0 spiro atoms. The molecule has 0 aliphatic heterocycles. The van der Waals surface area contributed by atoms with Gasteiger partial charge < -0.3 is 16.4 Å². The van der Waals surface area contributed by atoms with Crippen molar-refractivity contribution < 1.29 is 0 Å². The van der Waals surface area contributed by atoms with Crippen molar-refractivity contribution in [1.29, 1.82) is 0 Å². The highest BCUT2D eigenvalue weighted by Crippen LogP contribution is 2.13. The molecule has 0 saturated heterocycles. The summed E-state index contributed by atoms with van der Waals surface area (Å²) in [5, 5.41) is 7.11. The van der Waals surface area contributed by atoms with Gasteiger partial charge in [0.25, 0.3) is 0 Å². The Morgan fingerprint density at radius 2 is 1.75 bits per heavy atom. The van der Waals surface area contributed by atoms with Crippen molar-refractivity contribution in [2.75, 3.05) is 29.5 Å². The summed E-state index contributed by atoms with van der Waals surface area (Å²) in [6.45, 7) is 3.57. The molecule has 5 nitrogen and oxygen atoms in total. The van der Waals surface area contributed by atoms with Crippen LogP contribution in [0, 0.1) is 0 Å². The summed E-state index contributed by atoms with van der Waals surface area (Å²) < 4.78 is 0. The Balaban J connectivity index is 1.91. The van der Waals surface area contributed by atoms with Crippen LogP contribution in [0.15, 0.2) is 30.3 Å². The number of aromatic nitrogens is 2. The molecule has 1 heterocycles. The van der Waals surface area contributed by atoms with E-state index in [4.69, 9.17) is 17.3 Å². The molecule has 0 atom stereocenters. The first-order valence-electron chi connectivity index (χ1n) is 6.54. The summed E-state index contributed by atoms with van der Waals surface area (Å²) in [5.41, 5.74) is 6.89. The molecule has 0 amide bonds. The molecule has 2 rings (SSSR count). The molecule has 0 aliphatic rings. The molecule has 0 aliphatic carbocycles. The summed E-state index contributed by atoms with van der Waals surface area (Å²) in [7, 11) is 0. The molecule has 0 fully saturated rings. The minimum Gasteiger partial charge on any atom is -0.370 e. The second-order valence-corrected chi connectivity index (χ2v) is 4.77. The van der Waals surface area contributed by atoms with Gasteiger partial charge in [0.1, 0.15) is 11.6 Å². The second kappa shape index (κ2) is 6.96. The first-order valence-corrected chi connectivity index (χ1v) is 6.92. The Kier molecular flexibility index (Phi) is 5.01. The van der Waals surface area contributed by atoms with Gasteiger partial charge in [-0.1, -0.05) is 23.7 Å². The van der Waals surface area contributed by atoms with Crippen molar-refractivity contribution in [2.45, 2.75) is 13.3 Å². The predicted molar refractivity (Wildman–Crippen MR) is 84.3 cm³/mol. The monoisotopic (exact) mass is 291 g/mol. The van der Waals surface area contributed by atoms with Gasteiger partial charge in [-0.3, -0.25) is 0 Å². The number of hydrogen-bond acceptors (Lipinski definition) is 5. The lowest BCUT2D eigenvalue weighted by Gasteiger charge is -2.09. The Hall–Kier alpha value is -2.01. The maximum absolute atomic E-state index is 5.85. The average Bonchev–Trinajstić information content (AvgIpc) is 2.41. The molecular formula is C14H18ClN5. The number of nitrogen functional groups attached to an aromatic ring is 1. The zero-order chi connectivity index (χ0) is 14.4. The van der Waals surface area contributed by atoms with E-state index in [1.165, 1.54) is 5.56 Å². The second-order valence-electron chi connectivity index (χ2n) is 4.33. The fraction of sp³-hybridized carbons (Fsp3) is 0.286. The standard InChI is InChI=1S/C14H18ClN5/c1-2-17-12-9-13(20-14(16)19-12)18-8-7-10-3-5-11(15)6-4-10/h3-6,9H,2,7-8H2,1H3,(H4,16,17,18,19,20). The lowest BCUT2D eigenvalue weighted by atomic mass is 10.1. The first kappa shape index (κ1) is 14.4. The molecule has 0 radical (unpaired) electrons. The van der Waals surface area contributed by atoms with Gasteiger partial charge in [0.2, 0.25) is 5.95 Å². The highest BCUT2D eigenvalue weighted by molar-refractivity contribution is 6.30. The predicted octanol–water partition coefficient (Wildman–Crippen LogP) is 2.80. The topological polar surface area (TPSA) is 75.9 Å². The normalized spacial score (nSPS) is 10.3. The van der Waals surface area contributed by atoms with Gasteiger partial charge in [-0.15, -0.1) is 0 Å². The molecule has 0 bridgehead atoms. The Morgan fingerprint density at radius 3 is 2.40 bits per heavy atom. The van der Waals surface area contributed by atoms with Gasteiger partial charge in [-0.2, -0.15) is 9.97 Å². The molecule has 20 heavy (non-hydrogen) atoms. The van der Waals surface area contributed by atoms with Crippen LogP contribution in [0.25, 0.3) is 0 Å². The largest absolute Gasteiger partial charge is 0.370 e. The zero-order valence-corrected chi connectivity index (χ0v) is 12.1. The summed E-state index contributed by atoms with van der Waals surface area (Å²) in [6, 6.07) is 9.66. The van der Waals surface area contributed by atoms with Gasteiger partial charge >= 0.3 is 0 Å². The zero-order valence-electron chi connectivity index (χ0n) is 11.4. The van der Waals surface area contributed by atoms with Crippen LogP contribution in [-0.4, -0.2) is 23.1 Å². The number of anilines is 3. The van der Waals surface area contributed by atoms with E-state index in [2.05, 4.69) is 20.6 Å². The van der Waals surface area contributed by atoms with E-state index in [1.807, 2.05) is 37.3 Å². The fourth-order valence-corrected chi connectivity index (χ4v) is 1.94. The van der Waals surface area contributed by atoms with Crippen LogP contribution in [0.1, 0.15) is 12.5 Å². The summed E-state index contributed by atoms with van der Waals surface area (Å²) in [4.78, 5) is 8.26. The SMILES string of the molecule is CCNc1cc(NCCc2ccc(Cl)cc2)nc(N)n1. The number of nitrogens with two attached hydrogens (primary N) is 1. The third-order valence-electron chi connectivity index (χ3n) is 2.73. The summed E-state index contributed by atoms with van der Waals surface area (Å²) in [5.74, 6) is 1.72. The smallest absolute Gasteiger partial charge is 0.223 e. The van der Waals surface area contributed by atoms with Crippen molar-refractivity contribution in [3.63, 3.8) is 0 Å². The number of halogens is 1. The van der Waals surface area contributed by atoms with E-state index in [1.54, 1.807) is 0 Å². The number of benzene rings is 1. The minimum absolute atomic E-state index is 0.262. The van der Waals surface area contributed by atoms with Crippen LogP contribution in [0.4, 0.5) is 17.6 Å². The van der Waals surface area contributed by atoms with Gasteiger partial charge in [0, 0.05) is 24.2 Å². The van der Waals surface area contributed by atoms with Crippen LogP contribution in [-0.2, 0) is 6.42 Å². The average molecular weight is 292 g/mol. The highest BCUT2D eigenvalue weighted by Gasteiger charge is 2.01. The maximum Gasteiger partial charge on any atom is 0.223 e. The van der Waals surface area contributed by atoms with E-state index in [9.17, 15) is 0 Å². The Bertz CT molecular complexity index is 556. The quantitative estimate of drug-likeness (QED) is 0.763. The number of nitrogens with zero attached hydrogens (tertiary/aromatic N) is 2. The van der Waals surface area contributed by atoms with Crippen molar-refractivity contribution in [3.8, 4) is 0 Å². The fourth-order valence-electron chi connectivity index (χ4n) is 1.81. The number of rotatable bonds is 6. The van der Waals surface area contributed by atoms with Crippen LogP contribution in [0.5, 0.6) is 0 Å². The minimum atomic E-state index is 0.262.